The first-order valence-corrected chi connectivity index (χ1v) is 5.79. The second-order valence-electron chi connectivity index (χ2n) is 4.19. The van der Waals surface area contributed by atoms with E-state index >= 15 is 0 Å². The van der Waals surface area contributed by atoms with Gasteiger partial charge in [-0.15, -0.1) is 5.10 Å². The summed E-state index contributed by atoms with van der Waals surface area (Å²) in [5.41, 5.74) is -1.11. The van der Waals surface area contributed by atoms with Gasteiger partial charge in [-0.1, -0.05) is 11.3 Å². The van der Waals surface area contributed by atoms with Gasteiger partial charge in [0, 0.05) is 7.05 Å². The molecule has 0 fully saturated rings. The summed E-state index contributed by atoms with van der Waals surface area (Å²) in [5, 5.41) is 9.54. The maximum Gasteiger partial charge on any atom is 0.419 e. The highest BCUT2D eigenvalue weighted by molar-refractivity contribution is 5.91. The lowest BCUT2D eigenvalue weighted by molar-refractivity contribution is -0.140. The number of alkyl halides is 3. The number of rotatable bonds is 3. The van der Waals surface area contributed by atoms with Gasteiger partial charge < -0.3 is 5.32 Å². The Morgan fingerprint density at radius 3 is 2.71 bits per heavy atom. The molecule has 1 aromatic carbocycles. The van der Waals surface area contributed by atoms with Crippen molar-refractivity contribution < 1.29 is 22.4 Å². The molecule has 0 aliphatic heterocycles. The van der Waals surface area contributed by atoms with Gasteiger partial charge in [0.25, 0.3) is 5.91 Å². The molecule has 9 heteroatoms. The molecular weight excluding hydrogens is 292 g/mol. The summed E-state index contributed by atoms with van der Waals surface area (Å²) in [6.45, 7) is -0.0621. The molecule has 21 heavy (non-hydrogen) atoms. The third-order valence-electron chi connectivity index (χ3n) is 2.68. The summed E-state index contributed by atoms with van der Waals surface area (Å²) in [7, 11) is 1.41. The fourth-order valence-electron chi connectivity index (χ4n) is 1.68. The lowest BCUT2D eigenvalue weighted by Gasteiger charge is -2.09. The van der Waals surface area contributed by atoms with Crippen LogP contribution in [0.4, 0.5) is 17.6 Å². The molecule has 1 aromatic heterocycles. The van der Waals surface area contributed by atoms with Crippen molar-refractivity contribution in [3.63, 3.8) is 0 Å². The van der Waals surface area contributed by atoms with Gasteiger partial charge in [0.05, 0.1) is 18.3 Å². The fourth-order valence-corrected chi connectivity index (χ4v) is 1.68. The summed E-state index contributed by atoms with van der Waals surface area (Å²) >= 11 is 0. The lowest BCUT2D eigenvalue weighted by Crippen LogP contribution is -2.18. The molecule has 112 valence electrons. The molecule has 0 saturated heterocycles. The predicted octanol–water partition coefficient (Wildman–Crippen LogP) is 1.84. The summed E-state index contributed by atoms with van der Waals surface area (Å²) < 4.78 is 52.1. The highest BCUT2D eigenvalue weighted by Gasteiger charge is 2.34. The molecule has 0 aliphatic carbocycles. The first-order chi connectivity index (χ1) is 9.81. The summed E-state index contributed by atoms with van der Waals surface area (Å²) in [6, 6.07) is 2.66. The van der Waals surface area contributed by atoms with Crippen LogP contribution in [0.25, 0.3) is 0 Å². The number of benzene rings is 1. The van der Waals surface area contributed by atoms with Gasteiger partial charge in [-0.05, 0) is 17.7 Å². The highest BCUT2D eigenvalue weighted by Crippen LogP contribution is 2.31. The largest absolute Gasteiger partial charge is 0.419 e. The Balaban J connectivity index is 2.24. The minimum Gasteiger partial charge on any atom is -0.354 e. The number of halogens is 4. The average molecular weight is 302 g/mol. The van der Waals surface area contributed by atoms with Crippen LogP contribution in [-0.2, 0) is 12.7 Å². The van der Waals surface area contributed by atoms with Crippen molar-refractivity contribution >= 4 is 5.91 Å². The Kier molecular flexibility index (Phi) is 3.92. The van der Waals surface area contributed by atoms with Crippen LogP contribution < -0.4 is 5.32 Å². The van der Waals surface area contributed by atoms with Crippen molar-refractivity contribution in [3.05, 3.63) is 47.0 Å². The molecule has 1 heterocycles. The van der Waals surface area contributed by atoms with Crippen LogP contribution in [0.2, 0.25) is 0 Å². The molecule has 2 rings (SSSR count). The Morgan fingerprint density at radius 1 is 1.38 bits per heavy atom. The maximum absolute atomic E-state index is 13.2. The molecule has 5 nitrogen and oxygen atoms in total. The number of carbonyl (C=O) groups is 1. The van der Waals surface area contributed by atoms with Gasteiger partial charge in [0.1, 0.15) is 5.82 Å². The van der Waals surface area contributed by atoms with Crippen LogP contribution in [0.3, 0.4) is 0 Å². The van der Waals surface area contributed by atoms with Crippen LogP contribution >= 0.6 is 0 Å². The summed E-state index contributed by atoms with van der Waals surface area (Å²) in [6.07, 6.45) is -3.48. The highest BCUT2D eigenvalue weighted by atomic mass is 19.4. The van der Waals surface area contributed by atoms with Gasteiger partial charge in [-0.2, -0.15) is 13.2 Å². The molecule has 0 bridgehead atoms. The molecular formula is C12H10F4N4O. The molecule has 0 radical (unpaired) electrons. The minimum atomic E-state index is -4.77. The van der Waals surface area contributed by atoms with Gasteiger partial charge in [-0.3, -0.25) is 4.79 Å². The third kappa shape index (κ3) is 3.36. The standard InChI is InChI=1S/C12H10F4N4O/c1-17-11(21)10-6-20(19-18-10)5-7-2-3-9(13)8(4-7)12(14,15)16/h2-4,6H,5H2,1H3,(H,17,21). The minimum absolute atomic E-state index is 0.0376. The summed E-state index contributed by atoms with van der Waals surface area (Å²) in [4.78, 5) is 11.3. The van der Waals surface area contributed by atoms with Crippen molar-refractivity contribution in [2.75, 3.05) is 7.05 Å². The monoisotopic (exact) mass is 302 g/mol. The van der Waals surface area contributed by atoms with Crippen LogP contribution in [0, 0.1) is 5.82 Å². The van der Waals surface area contributed by atoms with E-state index in [1.165, 1.54) is 24.0 Å². The Morgan fingerprint density at radius 2 is 2.10 bits per heavy atom. The smallest absolute Gasteiger partial charge is 0.354 e. The number of hydrogen-bond acceptors (Lipinski definition) is 3. The normalized spacial score (nSPS) is 11.5. The number of nitrogens with zero attached hydrogens (tertiary/aromatic N) is 3. The molecule has 0 unspecified atom stereocenters. The van der Waals surface area contributed by atoms with Crippen molar-refractivity contribution in [1.82, 2.24) is 20.3 Å². The van der Waals surface area contributed by atoms with E-state index in [0.29, 0.717) is 6.07 Å². The van der Waals surface area contributed by atoms with Crippen molar-refractivity contribution in [3.8, 4) is 0 Å². The molecule has 1 amide bonds. The van der Waals surface area contributed by atoms with E-state index < -0.39 is 23.5 Å². The van der Waals surface area contributed by atoms with Gasteiger partial charge in [0.15, 0.2) is 5.69 Å². The second-order valence-corrected chi connectivity index (χ2v) is 4.19. The molecule has 2 aromatic rings. The fraction of sp³-hybridized carbons (Fsp3) is 0.250. The Labute approximate surface area is 116 Å². The van der Waals surface area contributed by atoms with E-state index in [1.807, 2.05) is 0 Å². The number of carbonyl (C=O) groups excluding carboxylic acids is 1. The first kappa shape index (κ1) is 14.9. The third-order valence-corrected chi connectivity index (χ3v) is 2.68. The number of aromatic nitrogens is 3. The summed E-state index contributed by atoms with van der Waals surface area (Å²) in [5.74, 6) is -1.80. The van der Waals surface area contributed by atoms with E-state index in [-0.39, 0.29) is 17.8 Å². The second kappa shape index (κ2) is 5.51. The maximum atomic E-state index is 13.2. The average Bonchev–Trinajstić information content (AvgIpc) is 2.87. The Bertz CT molecular complexity index is 666. The topological polar surface area (TPSA) is 59.8 Å². The van der Waals surface area contributed by atoms with E-state index in [0.717, 1.165) is 6.07 Å². The van der Waals surface area contributed by atoms with Crippen molar-refractivity contribution in [1.29, 1.82) is 0 Å². The van der Waals surface area contributed by atoms with E-state index in [4.69, 9.17) is 0 Å². The molecule has 1 N–H and O–H groups in total. The van der Waals surface area contributed by atoms with Crippen LogP contribution in [0.5, 0.6) is 0 Å². The molecule has 0 atom stereocenters. The van der Waals surface area contributed by atoms with Crippen molar-refractivity contribution in [2.45, 2.75) is 12.7 Å². The van der Waals surface area contributed by atoms with Gasteiger partial charge in [0.2, 0.25) is 0 Å². The van der Waals surface area contributed by atoms with Gasteiger partial charge >= 0.3 is 6.18 Å². The Hall–Kier alpha value is -2.45. The SMILES string of the molecule is CNC(=O)c1cn(Cc2ccc(F)c(C(F)(F)F)c2)nn1. The number of amides is 1. The van der Waals surface area contributed by atoms with Crippen LogP contribution in [0.1, 0.15) is 21.6 Å². The zero-order chi connectivity index (χ0) is 15.6. The van der Waals surface area contributed by atoms with E-state index in [9.17, 15) is 22.4 Å². The van der Waals surface area contributed by atoms with E-state index in [2.05, 4.69) is 15.6 Å². The molecule has 0 spiro atoms. The zero-order valence-electron chi connectivity index (χ0n) is 10.8. The van der Waals surface area contributed by atoms with Crippen LogP contribution in [-0.4, -0.2) is 27.9 Å². The van der Waals surface area contributed by atoms with E-state index in [1.54, 1.807) is 0 Å². The van der Waals surface area contributed by atoms with Gasteiger partial charge in [-0.25, -0.2) is 9.07 Å². The van der Waals surface area contributed by atoms with Crippen LogP contribution in [0.15, 0.2) is 24.4 Å². The lowest BCUT2D eigenvalue weighted by atomic mass is 10.1. The zero-order valence-corrected chi connectivity index (χ0v) is 10.8. The molecule has 0 aliphatic rings. The molecule has 0 saturated carbocycles. The first-order valence-electron chi connectivity index (χ1n) is 5.79. The quantitative estimate of drug-likeness (QED) is 0.880. The number of nitrogens with one attached hydrogen (secondary N) is 1. The predicted molar refractivity (Wildman–Crippen MR) is 63.9 cm³/mol. The van der Waals surface area contributed by atoms with Crippen molar-refractivity contribution in [2.24, 2.45) is 0 Å². The number of hydrogen-bond donors (Lipinski definition) is 1.